The van der Waals surface area contributed by atoms with Crippen molar-refractivity contribution in [2.75, 3.05) is 11.1 Å². The zero-order chi connectivity index (χ0) is 14.7. The molecule has 0 fully saturated rings. The molecule has 0 aliphatic carbocycles. The Hall–Kier alpha value is -2.43. The van der Waals surface area contributed by atoms with Crippen LogP contribution in [0.2, 0.25) is 0 Å². The second-order valence-electron chi connectivity index (χ2n) is 4.67. The second-order valence-corrected chi connectivity index (χ2v) is 4.67. The summed E-state index contributed by atoms with van der Waals surface area (Å²) in [5.41, 5.74) is 9.43. The van der Waals surface area contributed by atoms with Crippen molar-refractivity contribution in [3.8, 4) is 0 Å². The number of nitrogens with two attached hydrogens (primary N) is 1. The highest BCUT2D eigenvalue weighted by Crippen LogP contribution is 2.15. The number of anilines is 2. The number of carbonyl (C=O) groups is 1. The summed E-state index contributed by atoms with van der Waals surface area (Å²) in [5, 5.41) is 2.85. The zero-order valence-electron chi connectivity index (χ0n) is 11.9. The SMILES string of the molecule is CCc1cc(C(=O)Nc2ccc(C)nc2C)cc(N)n1. The highest BCUT2D eigenvalue weighted by molar-refractivity contribution is 6.05. The number of rotatable bonds is 3. The number of nitrogens with one attached hydrogen (secondary N) is 1. The van der Waals surface area contributed by atoms with Gasteiger partial charge in [-0.05, 0) is 44.5 Å². The highest BCUT2D eigenvalue weighted by atomic mass is 16.1. The van der Waals surface area contributed by atoms with E-state index in [0.29, 0.717) is 17.1 Å². The van der Waals surface area contributed by atoms with Gasteiger partial charge < -0.3 is 11.1 Å². The van der Waals surface area contributed by atoms with Gasteiger partial charge in [0.2, 0.25) is 0 Å². The van der Waals surface area contributed by atoms with Gasteiger partial charge in [0.25, 0.3) is 5.91 Å². The molecule has 5 nitrogen and oxygen atoms in total. The minimum Gasteiger partial charge on any atom is -0.384 e. The smallest absolute Gasteiger partial charge is 0.255 e. The summed E-state index contributed by atoms with van der Waals surface area (Å²) < 4.78 is 0. The lowest BCUT2D eigenvalue weighted by Gasteiger charge is -2.09. The molecular weight excluding hydrogens is 252 g/mol. The lowest BCUT2D eigenvalue weighted by atomic mass is 10.1. The molecule has 0 saturated heterocycles. The zero-order valence-corrected chi connectivity index (χ0v) is 11.9. The lowest BCUT2D eigenvalue weighted by molar-refractivity contribution is 0.102. The summed E-state index contributed by atoms with van der Waals surface area (Å²) in [4.78, 5) is 20.7. The molecule has 0 spiro atoms. The molecule has 3 N–H and O–H groups in total. The molecule has 0 atom stereocenters. The molecule has 5 heteroatoms. The van der Waals surface area contributed by atoms with Crippen molar-refractivity contribution >= 4 is 17.4 Å². The van der Waals surface area contributed by atoms with E-state index in [0.717, 1.165) is 23.5 Å². The average molecular weight is 270 g/mol. The van der Waals surface area contributed by atoms with Crippen LogP contribution in [-0.2, 0) is 6.42 Å². The van der Waals surface area contributed by atoms with Crippen LogP contribution in [0.25, 0.3) is 0 Å². The second kappa shape index (κ2) is 5.69. The molecule has 20 heavy (non-hydrogen) atoms. The summed E-state index contributed by atoms with van der Waals surface area (Å²) in [6.07, 6.45) is 0.733. The fraction of sp³-hybridized carbons (Fsp3) is 0.267. The Morgan fingerprint density at radius 1 is 1.25 bits per heavy atom. The van der Waals surface area contributed by atoms with Gasteiger partial charge in [-0.3, -0.25) is 9.78 Å². The van der Waals surface area contributed by atoms with E-state index in [9.17, 15) is 4.79 Å². The molecule has 1 amide bonds. The molecule has 0 unspecified atom stereocenters. The van der Waals surface area contributed by atoms with Gasteiger partial charge in [0.05, 0.1) is 11.4 Å². The van der Waals surface area contributed by atoms with Crippen molar-refractivity contribution in [2.24, 2.45) is 0 Å². The van der Waals surface area contributed by atoms with E-state index in [4.69, 9.17) is 5.73 Å². The van der Waals surface area contributed by atoms with Crippen molar-refractivity contribution in [1.29, 1.82) is 0 Å². The van der Waals surface area contributed by atoms with E-state index in [1.807, 2.05) is 32.9 Å². The van der Waals surface area contributed by atoms with Crippen LogP contribution in [0.4, 0.5) is 11.5 Å². The largest absolute Gasteiger partial charge is 0.384 e. The first-order valence-electron chi connectivity index (χ1n) is 6.51. The topological polar surface area (TPSA) is 80.9 Å². The molecule has 2 aromatic heterocycles. The summed E-state index contributed by atoms with van der Waals surface area (Å²) in [7, 11) is 0. The fourth-order valence-electron chi connectivity index (χ4n) is 1.94. The van der Waals surface area contributed by atoms with Gasteiger partial charge in [0.1, 0.15) is 5.82 Å². The monoisotopic (exact) mass is 270 g/mol. The molecule has 0 aromatic carbocycles. The van der Waals surface area contributed by atoms with Crippen LogP contribution in [0.5, 0.6) is 0 Å². The van der Waals surface area contributed by atoms with Crippen LogP contribution in [0.1, 0.15) is 34.4 Å². The third-order valence-electron chi connectivity index (χ3n) is 3.00. The van der Waals surface area contributed by atoms with Crippen molar-refractivity contribution in [2.45, 2.75) is 27.2 Å². The molecular formula is C15H18N4O. The third-order valence-corrected chi connectivity index (χ3v) is 3.00. The van der Waals surface area contributed by atoms with Crippen molar-refractivity contribution in [3.63, 3.8) is 0 Å². The van der Waals surface area contributed by atoms with Crippen LogP contribution in [0.15, 0.2) is 24.3 Å². The molecule has 0 saturated carbocycles. The number of aryl methyl sites for hydroxylation is 3. The first-order valence-corrected chi connectivity index (χ1v) is 6.51. The summed E-state index contributed by atoms with van der Waals surface area (Å²) in [6, 6.07) is 7.04. The Morgan fingerprint density at radius 3 is 2.65 bits per heavy atom. The van der Waals surface area contributed by atoms with Gasteiger partial charge in [0, 0.05) is 17.0 Å². The Bertz CT molecular complexity index is 652. The van der Waals surface area contributed by atoms with Crippen LogP contribution in [-0.4, -0.2) is 15.9 Å². The van der Waals surface area contributed by atoms with E-state index in [2.05, 4.69) is 15.3 Å². The van der Waals surface area contributed by atoms with Gasteiger partial charge in [0.15, 0.2) is 0 Å². The van der Waals surface area contributed by atoms with Crippen molar-refractivity contribution < 1.29 is 4.79 Å². The maximum Gasteiger partial charge on any atom is 0.255 e. The van der Waals surface area contributed by atoms with Crippen LogP contribution in [0, 0.1) is 13.8 Å². The standard InChI is InChI=1S/C15H18N4O/c1-4-12-7-11(8-14(16)18-12)15(20)19-13-6-5-9(2)17-10(13)3/h5-8H,4H2,1-3H3,(H2,16,18)(H,19,20). The minimum atomic E-state index is -0.206. The normalized spacial score (nSPS) is 10.3. The van der Waals surface area contributed by atoms with E-state index in [1.165, 1.54) is 0 Å². The Kier molecular flexibility index (Phi) is 3.98. The number of carbonyl (C=O) groups excluding carboxylic acids is 1. The number of nitrogens with zero attached hydrogens (tertiary/aromatic N) is 2. The Balaban J connectivity index is 2.26. The molecule has 2 heterocycles. The van der Waals surface area contributed by atoms with Gasteiger partial charge >= 0.3 is 0 Å². The first kappa shape index (κ1) is 14.0. The number of nitrogen functional groups attached to an aromatic ring is 1. The van der Waals surface area contributed by atoms with Gasteiger partial charge in [-0.25, -0.2) is 4.98 Å². The van der Waals surface area contributed by atoms with E-state index in [1.54, 1.807) is 12.1 Å². The van der Waals surface area contributed by atoms with E-state index < -0.39 is 0 Å². The number of amides is 1. The van der Waals surface area contributed by atoms with Crippen LogP contribution < -0.4 is 11.1 Å². The Morgan fingerprint density at radius 2 is 2.00 bits per heavy atom. The predicted molar refractivity (Wildman–Crippen MR) is 79.7 cm³/mol. The highest BCUT2D eigenvalue weighted by Gasteiger charge is 2.10. The maximum absolute atomic E-state index is 12.2. The van der Waals surface area contributed by atoms with E-state index in [-0.39, 0.29) is 5.91 Å². The van der Waals surface area contributed by atoms with Gasteiger partial charge in [-0.15, -0.1) is 0 Å². The average Bonchev–Trinajstić information content (AvgIpc) is 2.41. The number of aromatic nitrogens is 2. The first-order chi connectivity index (χ1) is 9.49. The van der Waals surface area contributed by atoms with Crippen molar-refractivity contribution in [3.05, 3.63) is 46.9 Å². The molecule has 2 rings (SSSR count). The quantitative estimate of drug-likeness (QED) is 0.897. The molecule has 104 valence electrons. The molecule has 0 bridgehead atoms. The molecule has 0 aliphatic heterocycles. The molecule has 0 aliphatic rings. The van der Waals surface area contributed by atoms with Crippen molar-refractivity contribution in [1.82, 2.24) is 9.97 Å². The number of hydrogen-bond acceptors (Lipinski definition) is 4. The summed E-state index contributed by atoms with van der Waals surface area (Å²) >= 11 is 0. The molecule has 2 aromatic rings. The fourth-order valence-corrected chi connectivity index (χ4v) is 1.94. The minimum absolute atomic E-state index is 0.206. The van der Waals surface area contributed by atoms with Gasteiger partial charge in [-0.2, -0.15) is 0 Å². The lowest BCUT2D eigenvalue weighted by Crippen LogP contribution is -2.14. The summed E-state index contributed by atoms with van der Waals surface area (Å²) in [6.45, 7) is 5.74. The predicted octanol–water partition coefficient (Wildman–Crippen LogP) is 2.49. The Labute approximate surface area is 118 Å². The summed E-state index contributed by atoms with van der Waals surface area (Å²) in [5.74, 6) is 0.149. The van der Waals surface area contributed by atoms with Crippen LogP contribution >= 0.6 is 0 Å². The van der Waals surface area contributed by atoms with Crippen LogP contribution in [0.3, 0.4) is 0 Å². The maximum atomic E-state index is 12.2. The number of pyridine rings is 2. The van der Waals surface area contributed by atoms with E-state index >= 15 is 0 Å². The third kappa shape index (κ3) is 3.12. The number of hydrogen-bond donors (Lipinski definition) is 2. The van der Waals surface area contributed by atoms with Gasteiger partial charge in [-0.1, -0.05) is 6.92 Å². The molecule has 0 radical (unpaired) electrons.